The predicted octanol–water partition coefficient (Wildman–Crippen LogP) is 3.18. The molecule has 0 radical (unpaired) electrons. The molecule has 1 aliphatic heterocycles. The number of rotatable bonds is 3. The van der Waals surface area contributed by atoms with E-state index in [1.807, 2.05) is 18.2 Å². The molecule has 3 aromatic rings. The summed E-state index contributed by atoms with van der Waals surface area (Å²) in [6.45, 7) is 0.719. The van der Waals surface area contributed by atoms with Crippen molar-refractivity contribution in [1.29, 1.82) is 0 Å². The van der Waals surface area contributed by atoms with Crippen LogP contribution in [0.25, 0.3) is 10.1 Å². The zero-order valence-electron chi connectivity index (χ0n) is 12.8. The van der Waals surface area contributed by atoms with Gasteiger partial charge in [-0.25, -0.2) is 4.39 Å². The van der Waals surface area contributed by atoms with Gasteiger partial charge in [0.15, 0.2) is 0 Å². The fourth-order valence-electron chi connectivity index (χ4n) is 3.05. The largest absolute Gasteiger partial charge is 0.334 e. The van der Waals surface area contributed by atoms with Crippen LogP contribution in [0.3, 0.4) is 0 Å². The molecule has 24 heavy (non-hydrogen) atoms. The third-order valence-electron chi connectivity index (χ3n) is 4.43. The van der Waals surface area contributed by atoms with Crippen molar-refractivity contribution in [3.05, 3.63) is 70.3 Å². The van der Waals surface area contributed by atoms with Gasteiger partial charge in [-0.1, -0.05) is 35.8 Å². The van der Waals surface area contributed by atoms with Gasteiger partial charge in [-0.2, -0.15) is 0 Å². The Morgan fingerprint density at radius 1 is 1.17 bits per heavy atom. The van der Waals surface area contributed by atoms with E-state index in [2.05, 4.69) is 0 Å². The first-order valence-corrected chi connectivity index (χ1v) is 8.54. The number of carbonyl (C=O) groups excluding carboxylic acids is 1. The number of hydrogen-bond donors (Lipinski definition) is 0. The average Bonchev–Trinajstić information content (AvgIpc) is 2.85. The summed E-state index contributed by atoms with van der Waals surface area (Å²) < 4.78 is 15.4. The summed E-state index contributed by atoms with van der Waals surface area (Å²) in [6, 6.07) is 13.6. The van der Waals surface area contributed by atoms with E-state index in [9.17, 15) is 14.0 Å². The van der Waals surface area contributed by atoms with Gasteiger partial charge >= 0.3 is 0 Å². The van der Waals surface area contributed by atoms with Gasteiger partial charge in [0.05, 0.1) is 16.1 Å². The second kappa shape index (κ2) is 5.87. The molecule has 1 atom stereocenters. The quantitative estimate of drug-likeness (QED) is 0.734. The zero-order chi connectivity index (χ0) is 16.7. The number of benzene rings is 2. The van der Waals surface area contributed by atoms with Crippen LogP contribution in [0.5, 0.6) is 0 Å². The Morgan fingerprint density at radius 3 is 2.58 bits per heavy atom. The normalized spacial score (nSPS) is 17.0. The standard InChI is InChI=1S/C18H15FN2O2S/c19-13-7-5-12(6-8-13)15-9-10-20(15)17(22)11-21-18(23)14-3-1-2-4-16(14)24-21/h1-8,15H,9-11H2/t15-/m1/s1. The van der Waals surface area contributed by atoms with Crippen LogP contribution in [0.4, 0.5) is 4.39 Å². The number of hydrogen-bond acceptors (Lipinski definition) is 3. The van der Waals surface area contributed by atoms with E-state index in [4.69, 9.17) is 0 Å². The molecule has 2 heterocycles. The van der Waals surface area contributed by atoms with E-state index in [0.717, 1.165) is 16.7 Å². The lowest BCUT2D eigenvalue weighted by Gasteiger charge is -2.41. The molecular weight excluding hydrogens is 327 g/mol. The molecule has 1 fully saturated rings. The maximum atomic E-state index is 13.0. The van der Waals surface area contributed by atoms with Crippen LogP contribution in [0.1, 0.15) is 18.0 Å². The lowest BCUT2D eigenvalue weighted by Crippen LogP contribution is -2.46. The Kier molecular flexibility index (Phi) is 3.69. The lowest BCUT2D eigenvalue weighted by atomic mass is 9.94. The molecule has 0 spiro atoms. The number of amides is 1. The Labute approximate surface area is 141 Å². The number of aromatic nitrogens is 1. The molecule has 0 saturated carbocycles. The van der Waals surface area contributed by atoms with E-state index in [1.54, 1.807) is 23.1 Å². The van der Waals surface area contributed by atoms with Gasteiger partial charge in [0.1, 0.15) is 12.4 Å². The van der Waals surface area contributed by atoms with E-state index in [0.29, 0.717) is 11.9 Å². The summed E-state index contributed by atoms with van der Waals surface area (Å²) >= 11 is 1.31. The molecule has 1 aromatic heterocycles. The Bertz CT molecular complexity index is 961. The maximum absolute atomic E-state index is 13.0. The van der Waals surface area contributed by atoms with Gasteiger partial charge in [-0.3, -0.25) is 13.5 Å². The Hall–Kier alpha value is -2.47. The number of likely N-dealkylation sites (tertiary alicyclic amines) is 1. The smallest absolute Gasteiger partial charge is 0.268 e. The van der Waals surface area contributed by atoms with Crippen molar-refractivity contribution in [2.75, 3.05) is 6.54 Å². The molecule has 1 amide bonds. The first kappa shape index (κ1) is 15.1. The fraction of sp³-hybridized carbons (Fsp3) is 0.222. The van der Waals surface area contributed by atoms with Gasteiger partial charge in [-0.15, -0.1) is 0 Å². The molecule has 122 valence electrons. The Balaban J connectivity index is 1.54. The maximum Gasteiger partial charge on any atom is 0.268 e. The lowest BCUT2D eigenvalue weighted by molar-refractivity contribution is -0.139. The van der Waals surface area contributed by atoms with Crippen molar-refractivity contribution in [2.45, 2.75) is 19.0 Å². The highest BCUT2D eigenvalue weighted by molar-refractivity contribution is 7.13. The van der Waals surface area contributed by atoms with Crippen molar-refractivity contribution >= 4 is 27.5 Å². The number of nitrogens with zero attached hydrogens (tertiary/aromatic N) is 2. The first-order valence-electron chi connectivity index (χ1n) is 7.77. The van der Waals surface area contributed by atoms with Crippen molar-refractivity contribution < 1.29 is 9.18 Å². The number of halogens is 1. The van der Waals surface area contributed by atoms with E-state index < -0.39 is 0 Å². The summed E-state index contributed by atoms with van der Waals surface area (Å²) in [6.07, 6.45) is 0.860. The monoisotopic (exact) mass is 342 g/mol. The molecule has 0 aliphatic carbocycles. The van der Waals surface area contributed by atoms with Gasteiger partial charge in [0.25, 0.3) is 5.56 Å². The Morgan fingerprint density at radius 2 is 1.92 bits per heavy atom. The van der Waals surface area contributed by atoms with Gasteiger partial charge in [0, 0.05) is 6.54 Å². The molecule has 0 N–H and O–H groups in total. The number of carbonyl (C=O) groups is 1. The van der Waals surface area contributed by atoms with E-state index in [1.165, 1.54) is 27.6 Å². The van der Waals surface area contributed by atoms with Crippen LogP contribution in [0.15, 0.2) is 53.3 Å². The van der Waals surface area contributed by atoms with Crippen LogP contribution >= 0.6 is 11.5 Å². The molecule has 1 saturated heterocycles. The molecule has 6 heteroatoms. The minimum Gasteiger partial charge on any atom is -0.334 e. The third kappa shape index (κ3) is 2.53. The highest BCUT2D eigenvalue weighted by atomic mass is 32.1. The van der Waals surface area contributed by atoms with Crippen molar-refractivity contribution in [2.24, 2.45) is 0 Å². The first-order chi connectivity index (χ1) is 11.6. The van der Waals surface area contributed by atoms with E-state index >= 15 is 0 Å². The van der Waals surface area contributed by atoms with Crippen LogP contribution in [-0.2, 0) is 11.3 Å². The number of fused-ring (bicyclic) bond motifs is 1. The van der Waals surface area contributed by atoms with Crippen molar-refractivity contribution in [1.82, 2.24) is 8.86 Å². The minimum absolute atomic E-state index is 0.0248. The summed E-state index contributed by atoms with van der Waals surface area (Å²) in [5.74, 6) is -0.364. The van der Waals surface area contributed by atoms with Crippen LogP contribution < -0.4 is 5.56 Å². The van der Waals surface area contributed by atoms with Crippen molar-refractivity contribution in [3.63, 3.8) is 0 Å². The predicted molar refractivity (Wildman–Crippen MR) is 91.6 cm³/mol. The van der Waals surface area contributed by atoms with Gasteiger partial charge in [0.2, 0.25) is 5.91 Å². The minimum atomic E-state index is -0.284. The molecular formula is C18H15FN2O2S. The highest BCUT2D eigenvalue weighted by Gasteiger charge is 2.33. The van der Waals surface area contributed by atoms with Crippen molar-refractivity contribution in [3.8, 4) is 0 Å². The summed E-state index contributed by atoms with van der Waals surface area (Å²) in [4.78, 5) is 26.7. The van der Waals surface area contributed by atoms with Crippen LogP contribution in [0.2, 0.25) is 0 Å². The van der Waals surface area contributed by atoms with Gasteiger partial charge < -0.3 is 4.90 Å². The molecule has 1 aliphatic rings. The van der Waals surface area contributed by atoms with Gasteiger partial charge in [-0.05, 0) is 36.2 Å². The molecule has 0 bridgehead atoms. The molecule has 4 nitrogen and oxygen atoms in total. The summed E-state index contributed by atoms with van der Waals surface area (Å²) in [7, 11) is 0. The molecule has 0 unspecified atom stereocenters. The average molecular weight is 342 g/mol. The van der Waals surface area contributed by atoms with Crippen LogP contribution in [-0.4, -0.2) is 21.3 Å². The summed E-state index contributed by atoms with van der Waals surface area (Å²) in [5.41, 5.74) is 0.808. The highest BCUT2D eigenvalue weighted by Crippen LogP contribution is 2.33. The SMILES string of the molecule is O=C(Cn1sc2ccccc2c1=O)N1CC[C@@H]1c1ccc(F)cc1. The third-order valence-corrected chi connectivity index (χ3v) is 5.49. The second-order valence-corrected chi connectivity index (χ2v) is 6.94. The summed E-state index contributed by atoms with van der Waals surface area (Å²) in [5, 5.41) is 0.647. The second-order valence-electron chi connectivity index (χ2n) is 5.87. The topological polar surface area (TPSA) is 42.3 Å². The van der Waals surface area contributed by atoms with E-state index in [-0.39, 0.29) is 29.9 Å². The fourth-order valence-corrected chi connectivity index (χ4v) is 4.04. The van der Waals surface area contributed by atoms with Crippen LogP contribution in [0, 0.1) is 5.82 Å². The molecule has 2 aromatic carbocycles. The molecule has 4 rings (SSSR count). The zero-order valence-corrected chi connectivity index (χ0v) is 13.6.